The normalized spacial score (nSPS) is 19.0. The molecule has 6 nitrogen and oxygen atoms in total. The Balaban J connectivity index is 1.71. The number of carbonyl (C=O) groups is 1. The molecule has 1 aromatic heterocycles. The minimum atomic E-state index is -0.170. The Morgan fingerprint density at radius 2 is 2.05 bits per heavy atom. The minimum absolute atomic E-state index is 0.141. The molecule has 21 heavy (non-hydrogen) atoms. The van der Waals surface area contributed by atoms with Gasteiger partial charge in [-0.25, -0.2) is 4.79 Å². The lowest BCUT2D eigenvalue weighted by Gasteiger charge is -2.32. The zero-order valence-electron chi connectivity index (χ0n) is 13.0. The molecule has 6 heteroatoms. The Morgan fingerprint density at radius 3 is 2.67 bits per heavy atom. The van der Waals surface area contributed by atoms with Crippen molar-refractivity contribution >= 4 is 6.03 Å². The maximum Gasteiger partial charge on any atom is 0.315 e. The monoisotopic (exact) mass is 295 g/mol. The van der Waals surface area contributed by atoms with Crippen LogP contribution in [0.5, 0.6) is 0 Å². The Morgan fingerprint density at radius 1 is 1.33 bits per heavy atom. The molecule has 1 aliphatic rings. The van der Waals surface area contributed by atoms with Gasteiger partial charge in [0.1, 0.15) is 11.5 Å². The maximum atomic E-state index is 11.9. The Hall–Kier alpha value is -1.53. The summed E-state index contributed by atoms with van der Waals surface area (Å²) in [5, 5.41) is 5.79. The zero-order chi connectivity index (χ0) is 15.2. The van der Waals surface area contributed by atoms with Crippen LogP contribution in [-0.2, 0) is 4.74 Å². The van der Waals surface area contributed by atoms with E-state index >= 15 is 0 Å². The molecule has 2 heterocycles. The highest BCUT2D eigenvalue weighted by molar-refractivity contribution is 5.74. The van der Waals surface area contributed by atoms with E-state index in [1.54, 1.807) is 0 Å². The fourth-order valence-corrected chi connectivity index (χ4v) is 2.39. The van der Waals surface area contributed by atoms with Gasteiger partial charge in [0.25, 0.3) is 0 Å². The molecule has 2 N–H and O–H groups in total. The quantitative estimate of drug-likeness (QED) is 0.867. The Labute approximate surface area is 125 Å². The number of carbonyl (C=O) groups excluding carboxylic acids is 1. The van der Waals surface area contributed by atoms with Crippen molar-refractivity contribution < 1.29 is 13.9 Å². The van der Waals surface area contributed by atoms with Crippen molar-refractivity contribution in [2.45, 2.75) is 32.9 Å². The number of amides is 2. The van der Waals surface area contributed by atoms with Gasteiger partial charge in [0.05, 0.1) is 19.3 Å². The van der Waals surface area contributed by atoms with Crippen molar-refractivity contribution in [1.82, 2.24) is 15.5 Å². The first kappa shape index (κ1) is 15.9. The lowest BCUT2D eigenvalue weighted by atomic mass is 10.2. The van der Waals surface area contributed by atoms with Crippen LogP contribution < -0.4 is 10.6 Å². The molecule has 0 spiro atoms. The molecular formula is C15H25N3O3. The average molecular weight is 295 g/mol. The number of aryl methyl sites for hydroxylation is 1. The standard InChI is InChI=1S/C15H25N3O3/c1-11(18-6-8-20-9-7-18)10-16-15(19)17-13(3)14-5-4-12(2)21-14/h4-5,11,13H,6-10H2,1-3H3,(H2,16,17,19)/t11-,13-/m0/s1. The predicted molar refractivity (Wildman–Crippen MR) is 80.2 cm³/mol. The summed E-state index contributed by atoms with van der Waals surface area (Å²) in [6.07, 6.45) is 0. The Kier molecular flexibility index (Phi) is 5.64. The first-order valence-electron chi connectivity index (χ1n) is 7.48. The minimum Gasteiger partial charge on any atom is -0.464 e. The van der Waals surface area contributed by atoms with Crippen LogP contribution in [0.15, 0.2) is 16.5 Å². The number of morpholine rings is 1. The lowest BCUT2D eigenvalue weighted by molar-refractivity contribution is 0.0209. The van der Waals surface area contributed by atoms with E-state index in [0.29, 0.717) is 12.6 Å². The summed E-state index contributed by atoms with van der Waals surface area (Å²) >= 11 is 0. The molecular weight excluding hydrogens is 270 g/mol. The smallest absolute Gasteiger partial charge is 0.315 e. The van der Waals surface area contributed by atoms with Gasteiger partial charge < -0.3 is 19.8 Å². The molecule has 2 amide bonds. The second-order valence-corrected chi connectivity index (χ2v) is 5.52. The molecule has 0 radical (unpaired) electrons. The zero-order valence-corrected chi connectivity index (χ0v) is 13.0. The van der Waals surface area contributed by atoms with Crippen LogP contribution in [0.4, 0.5) is 4.79 Å². The molecule has 0 unspecified atom stereocenters. The molecule has 2 atom stereocenters. The van der Waals surface area contributed by atoms with Crippen LogP contribution in [0, 0.1) is 6.92 Å². The van der Waals surface area contributed by atoms with Gasteiger partial charge in [0, 0.05) is 25.7 Å². The van der Waals surface area contributed by atoms with Gasteiger partial charge in [-0.05, 0) is 32.9 Å². The molecule has 1 aliphatic heterocycles. The molecule has 1 saturated heterocycles. The highest BCUT2D eigenvalue weighted by Crippen LogP contribution is 2.15. The summed E-state index contributed by atoms with van der Waals surface area (Å²) in [5.41, 5.74) is 0. The molecule has 0 aliphatic carbocycles. The SMILES string of the molecule is Cc1ccc([C@H](C)NC(=O)NC[C@H](C)N2CCOCC2)o1. The molecule has 1 fully saturated rings. The van der Waals surface area contributed by atoms with Gasteiger partial charge >= 0.3 is 6.03 Å². The topological polar surface area (TPSA) is 66.7 Å². The number of hydrogen-bond donors (Lipinski definition) is 2. The van der Waals surface area contributed by atoms with E-state index in [0.717, 1.165) is 37.8 Å². The second kappa shape index (κ2) is 7.47. The third kappa shape index (κ3) is 4.75. The van der Waals surface area contributed by atoms with Crippen molar-refractivity contribution in [2.24, 2.45) is 0 Å². The molecule has 0 aromatic carbocycles. The van der Waals surface area contributed by atoms with Crippen molar-refractivity contribution in [2.75, 3.05) is 32.8 Å². The van der Waals surface area contributed by atoms with Crippen molar-refractivity contribution in [3.63, 3.8) is 0 Å². The largest absolute Gasteiger partial charge is 0.464 e. The van der Waals surface area contributed by atoms with Gasteiger partial charge in [0.15, 0.2) is 0 Å². The van der Waals surface area contributed by atoms with Crippen LogP contribution >= 0.6 is 0 Å². The predicted octanol–water partition coefficient (Wildman–Crippen LogP) is 1.67. The number of hydrogen-bond acceptors (Lipinski definition) is 4. The van der Waals surface area contributed by atoms with Crippen LogP contribution in [0.1, 0.15) is 31.4 Å². The van der Waals surface area contributed by atoms with Gasteiger partial charge in [-0.1, -0.05) is 0 Å². The number of furan rings is 1. The van der Waals surface area contributed by atoms with E-state index < -0.39 is 0 Å². The van der Waals surface area contributed by atoms with Crippen molar-refractivity contribution in [1.29, 1.82) is 0 Å². The molecule has 1 aromatic rings. The van der Waals surface area contributed by atoms with Crippen LogP contribution in [0.2, 0.25) is 0 Å². The van der Waals surface area contributed by atoms with E-state index in [2.05, 4.69) is 22.5 Å². The van der Waals surface area contributed by atoms with Crippen molar-refractivity contribution in [3.8, 4) is 0 Å². The molecule has 0 bridgehead atoms. The summed E-state index contributed by atoms with van der Waals surface area (Å²) in [5.74, 6) is 1.61. The number of urea groups is 1. The third-order valence-electron chi connectivity index (χ3n) is 3.76. The fraction of sp³-hybridized carbons (Fsp3) is 0.667. The lowest BCUT2D eigenvalue weighted by Crippen LogP contribution is -2.49. The highest BCUT2D eigenvalue weighted by Gasteiger charge is 2.18. The van der Waals surface area contributed by atoms with Gasteiger partial charge in [-0.3, -0.25) is 4.90 Å². The number of nitrogens with one attached hydrogen (secondary N) is 2. The summed E-state index contributed by atoms with van der Waals surface area (Å²) < 4.78 is 10.8. The molecule has 0 saturated carbocycles. The van der Waals surface area contributed by atoms with E-state index in [9.17, 15) is 4.79 Å². The maximum absolute atomic E-state index is 11.9. The molecule has 2 rings (SSSR count). The average Bonchev–Trinajstić information content (AvgIpc) is 2.92. The third-order valence-corrected chi connectivity index (χ3v) is 3.76. The number of nitrogens with zero attached hydrogens (tertiary/aromatic N) is 1. The number of rotatable bonds is 5. The van der Waals surface area contributed by atoms with E-state index in [1.165, 1.54) is 0 Å². The summed E-state index contributed by atoms with van der Waals surface area (Å²) in [6.45, 7) is 9.92. The number of ether oxygens (including phenoxy) is 1. The van der Waals surface area contributed by atoms with Gasteiger partial charge in [0.2, 0.25) is 0 Å². The van der Waals surface area contributed by atoms with E-state index in [-0.39, 0.29) is 12.1 Å². The second-order valence-electron chi connectivity index (χ2n) is 5.52. The highest BCUT2D eigenvalue weighted by atomic mass is 16.5. The van der Waals surface area contributed by atoms with Crippen LogP contribution in [-0.4, -0.2) is 49.8 Å². The summed E-state index contributed by atoms with van der Waals surface area (Å²) in [7, 11) is 0. The van der Waals surface area contributed by atoms with Crippen LogP contribution in [0.25, 0.3) is 0 Å². The van der Waals surface area contributed by atoms with Crippen molar-refractivity contribution in [3.05, 3.63) is 23.7 Å². The van der Waals surface area contributed by atoms with E-state index in [4.69, 9.17) is 9.15 Å². The molecule has 118 valence electrons. The van der Waals surface area contributed by atoms with Gasteiger partial charge in [-0.2, -0.15) is 0 Å². The van der Waals surface area contributed by atoms with E-state index in [1.807, 2.05) is 26.0 Å². The van der Waals surface area contributed by atoms with Gasteiger partial charge in [-0.15, -0.1) is 0 Å². The van der Waals surface area contributed by atoms with Crippen LogP contribution in [0.3, 0.4) is 0 Å². The summed E-state index contributed by atoms with van der Waals surface area (Å²) in [6, 6.07) is 3.78. The first-order valence-corrected chi connectivity index (χ1v) is 7.48. The first-order chi connectivity index (χ1) is 10.1. The summed E-state index contributed by atoms with van der Waals surface area (Å²) in [4.78, 5) is 14.2. The Bertz CT molecular complexity index is 455. The fourth-order valence-electron chi connectivity index (χ4n) is 2.39.